The first-order chi connectivity index (χ1) is 8.70. The fraction of sp³-hybridized carbons (Fsp3) is 0.200. The maximum absolute atomic E-state index is 6.28. The molecule has 0 spiro atoms. The standard InChI is InChI=1S/C15H15BrClN/c1-18-15(9-11-5-3-2-4-6-11)13-10-12(16)7-8-14(13)17/h2-8,10,15,18H,9H2,1H3. The minimum absolute atomic E-state index is 0.220. The van der Waals surface area contributed by atoms with Crippen molar-refractivity contribution in [1.29, 1.82) is 0 Å². The highest BCUT2D eigenvalue weighted by molar-refractivity contribution is 9.10. The Bertz CT molecular complexity index is 513. The monoisotopic (exact) mass is 323 g/mol. The van der Waals surface area contributed by atoms with E-state index in [-0.39, 0.29) is 6.04 Å². The fourth-order valence-corrected chi connectivity index (χ4v) is 2.63. The molecular weight excluding hydrogens is 310 g/mol. The Labute approximate surface area is 121 Å². The molecule has 2 aromatic carbocycles. The molecule has 0 aliphatic heterocycles. The largest absolute Gasteiger partial charge is 0.313 e. The minimum Gasteiger partial charge on any atom is -0.313 e. The smallest absolute Gasteiger partial charge is 0.0454 e. The summed E-state index contributed by atoms with van der Waals surface area (Å²) in [6.45, 7) is 0. The maximum Gasteiger partial charge on any atom is 0.0454 e. The van der Waals surface area contributed by atoms with Gasteiger partial charge >= 0.3 is 0 Å². The molecule has 2 rings (SSSR count). The van der Waals surface area contributed by atoms with Gasteiger partial charge < -0.3 is 5.32 Å². The lowest BCUT2D eigenvalue weighted by atomic mass is 9.99. The van der Waals surface area contributed by atoms with Crippen LogP contribution in [-0.4, -0.2) is 7.05 Å². The topological polar surface area (TPSA) is 12.0 Å². The van der Waals surface area contributed by atoms with Gasteiger partial charge in [-0.3, -0.25) is 0 Å². The van der Waals surface area contributed by atoms with Crippen LogP contribution in [-0.2, 0) is 6.42 Å². The molecule has 0 saturated carbocycles. The molecule has 0 heterocycles. The summed E-state index contributed by atoms with van der Waals surface area (Å²) < 4.78 is 1.05. The number of hydrogen-bond acceptors (Lipinski definition) is 1. The molecule has 1 unspecified atom stereocenters. The second-order valence-electron chi connectivity index (χ2n) is 4.20. The fourth-order valence-electron chi connectivity index (χ4n) is 2.00. The third kappa shape index (κ3) is 3.35. The van der Waals surface area contributed by atoms with Gasteiger partial charge in [-0.1, -0.05) is 57.9 Å². The Morgan fingerprint density at radius 2 is 1.89 bits per heavy atom. The van der Waals surface area contributed by atoms with Gasteiger partial charge in [0.15, 0.2) is 0 Å². The van der Waals surface area contributed by atoms with Gasteiger partial charge in [-0.25, -0.2) is 0 Å². The van der Waals surface area contributed by atoms with Gasteiger partial charge in [0, 0.05) is 15.5 Å². The van der Waals surface area contributed by atoms with E-state index in [1.165, 1.54) is 5.56 Å². The molecule has 0 saturated heterocycles. The predicted molar refractivity (Wildman–Crippen MR) is 81.1 cm³/mol. The highest BCUT2D eigenvalue weighted by Crippen LogP contribution is 2.28. The number of halogens is 2. The third-order valence-electron chi connectivity index (χ3n) is 2.96. The summed E-state index contributed by atoms with van der Waals surface area (Å²) in [4.78, 5) is 0. The van der Waals surface area contributed by atoms with E-state index in [4.69, 9.17) is 11.6 Å². The molecule has 3 heteroatoms. The van der Waals surface area contributed by atoms with Crippen LogP contribution in [0.4, 0.5) is 0 Å². The molecule has 0 aliphatic rings. The lowest BCUT2D eigenvalue weighted by molar-refractivity contribution is 0.592. The Hall–Kier alpha value is -0.830. The Balaban J connectivity index is 2.26. The van der Waals surface area contributed by atoms with Gasteiger partial charge in [0.1, 0.15) is 0 Å². The average molecular weight is 325 g/mol. The van der Waals surface area contributed by atoms with E-state index in [0.29, 0.717) is 0 Å². The van der Waals surface area contributed by atoms with Gasteiger partial charge in [-0.2, -0.15) is 0 Å². The van der Waals surface area contributed by atoms with Gasteiger partial charge in [0.25, 0.3) is 0 Å². The SMILES string of the molecule is CNC(Cc1ccccc1)c1cc(Br)ccc1Cl. The molecule has 0 aromatic heterocycles. The summed E-state index contributed by atoms with van der Waals surface area (Å²) in [6.07, 6.45) is 0.924. The number of hydrogen-bond donors (Lipinski definition) is 1. The van der Waals surface area contributed by atoms with Gasteiger partial charge in [0.05, 0.1) is 0 Å². The molecular formula is C15H15BrClN. The van der Waals surface area contributed by atoms with Crippen molar-refractivity contribution >= 4 is 27.5 Å². The van der Waals surface area contributed by atoms with Crippen molar-refractivity contribution in [2.45, 2.75) is 12.5 Å². The van der Waals surface area contributed by atoms with E-state index in [1.807, 2.05) is 25.2 Å². The van der Waals surface area contributed by atoms with Crippen LogP contribution in [0.3, 0.4) is 0 Å². The lowest BCUT2D eigenvalue weighted by Gasteiger charge is -2.18. The molecule has 1 nitrogen and oxygen atoms in total. The van der Waals surface area contributed by atoms with Crippen molar-refractivity contribution in [2.24, 2.45) is 0 Å². The second-order valence-corrected chi connectivity index (χ2v) is 5.52. The molecule has 0 fully saturated rings. The third-order valence-corrected chi connectivity index (χ3v) is 3.80. The first-order valence-corrected chi connectivity index (χ1v) is 7.04. The van der Waals surface area contributed by atoms with Crippen molar-refractivity contribution in [3.8, 4) is 0 Å². The average Bonchev–Trinajstić information content (AvgIpc) is 2.40. The number of nitrogens with one attached hydrogen (secondary N) is 1. The molecule has 94 valence electrons. The predicted octanol–water partition coefficient (Wildman–Crippen LogP) is 4.61. The van der Waals surface area contributed by atoms with Crippen molar-refractivity contribution in [3.63, 3.8) is 0 Å². The van der Waals surface area contributed by atoms with Gasteiger partial charge in [-0.15, -0.1) is 0 Å². The van der Waals surface area contributed by atoms with Crippen LogP contribution in [0, 0.1) is 0 Å². The number of rotatable bonds is 4. The van der Waals surface area contributed by atoms with Crippen LogP contribution in [0.1, 0.15) is 17.2 Å². The molecule has 1 N–H and O–H groups in total. The maximum atomic E-state index is 6.28. The van der Waals surface area contributed by atoms with E-state index in [2.05, 4.69) is 51.6 Å². The molecule has 0 radical (unpaired) electrons. The van der Waals surface area contributed by atoms with Crippen LogP contribution >= 0.6 is 27.5 Å². The zero-order chi connectivity index (χ0) is 13.0. The lowest BCUT2D eigenvalue weighted by Crippen LogP contribution is -2.19. The zero-order valence-corrected chi connectivity index (χ0v) is 12.5. The van der Waals surface area contributed by atoms with Crippen molar-refractivity contribution < 1.29 is 0 Å². The summed E-state index contributed by atoms with van der Waals surface area (Å²) >= 11 is 9.77. The van der Waals surface area contributed by atoms with Crippen LogP contribution in [0.15, 0.2) is 53.0 Å². The first-order valence-electron chi connectivity index (χ1n) is 5.87. The molecule has 18 heavy (non-hydrogen) atoms. The van der Waals surface area contributed by atoms with E-state index >= 15 is 0 Å². The van der Waals surface area contributed by atoms with Crippen LogP contribution in [0.5, 0.6) is 0 Å². The summed E-state index contributed by atoms with van der Waals surface area (Å²) in [6, 6.07) is 16.6. The molecule has 0 amide bonds. The van der Waals surface area contributed by atoms with Crippen LogP contribution < -0.4 is 5.32 Å². The van der Waals surface area contributed by atoms with E-state index < -0.39 is 0 Å². The minimum atomic E-state index is 0.220. The molecule has 1 atom stereocenters. The highest BCUT2D eigenvalue weighted by atomic mass is 79.9. The van der Waals surface area contributed by atoms with E-state index in [0.717, 1.165) is 21.5 Å². The van der Waals surface area contributed by atoms with E-state index in [1.54, 1.807) is 0 Å². The molecule has 0 aliphatic carbocycles. The summed E-state index contributed by atoms with van der Waals surface area (Å²) in [5.74, 6) is 0. The van der Waals surface area contributed by atoms with Gasteiger partial charge in [0.2, 0.25) is 0 Å². The van der Waals surface area contributed by atoms with Crippen molar-refractivity contribution in [1.82, 2.24) is 5.32 Å². The van der Waals surface area contributed by atoms with E-state index in [9.17, 15) is 0 Å². The van der Waals surface area contributed by atoms with Crippen LogP contribution in [0.2, 0.25) is 5.02 Å². The Morgan fingerprint density at radius 1 is 1.17 bits per heavy atom. The number of benzene rings is 2. The second kappa shape index (κ2) is 6.37. The van der Waals surface area contributed by atoms with Crippen LogP contribution in [0.25, 0.3) is 0 Å². The summed E-state index contributed by atoms with van der Waals surface area (Å²) in [5, 5.41) is 4.13. The normalized spacial score (nSPS) is 12.4. The number of likely N-dealkylation sites (N-methyl/N-ethyl adjacent to an activating group) is 1. The summed E-state index contributed by atoms with van der Waals surface area (Å²) in [5.41, 5.74) is 2.42. The zero-order valence-electron chi connectivity index (χ0n) is 10.2. The Kier molecular flexibility index (Phi) is 4.81. The highest BCUT2D eigenvalue weighted by Gasteiger charge is 2.13. The molecule has 2 aromatic rings. The van der Waals surface area contributed by atoms with Crippen molar-refractivity contribution in [3.05, 3.63) is 69.2 Å². The van der Waals surface area contributed by atoms with Crippen molar-refractivity contribution in [2.75, 3.05) is 7.05 Å². The first kappa shape index (κ1) is 13.6. The Morgan fingerprint density at radius 3 is 2.56 bits per heavy atom. The molecule has 0 bridgehead atoms. The quantitative estimate of drug-likeness (QED) is 0.866. The van der Waals surface area contributed by atoms with Gasteiger partial charge in [-0.05, 0) is 42.8 Å². The summed E-state index contributed by atoms with van der Waals surface area (Å²) in [7, 11) is 1.96.